The zero-order chi connectivity index (χ0) is 13.3. The number of piperidine rings is 1. The predicted molar refractivity (Wildman–Crippen MR) is 75.7 cm³/mol. The standard InChI is InChI=1S/C14H19N5/c1-14(2)7-4-8-19(10-14)13-6-3-5-11(16-13)12-9-15-18-17-12/h3,5-6H,4,7-10H2,1-2H3. The van der Waals surface area contributed by atoms with Crippen molar-refractivity contribution in [1.29, 1.82) is 0 Å². The normalized spacial score (nSPS) is 21.6. The SMILES string of the molecule is CC1(C)CCCN(c2cccc(C3=NN=NC3)n2)C1. The van der Waals surface area contributed by atoms with Crippen LogP contribution in [0, 0.1) is 5.41 Å². The molecule has 0 amide bonds. The van der Waals surface area contributed by atoms with Crippen LogP contribution in [0.5, 0.6) is 0 Å². The number of pyridine rings is 1. The Morgan fingerprint density at radius 1 is 1.26 bits per heavy atom. The molecule has 2 aliphatic heterocycles. The lowest BCUT2D eigenvalue weighted by molar-refractivity contribution is 0.292. The summed E-state index contributed by atoms with van der Waals surface area (Å²) in [6.07, 6.45) is 2.51. The van der Waals surface area contributed by atoms with Crippen LogP contribution in [0.4, 0.5) is 5.82 Å². The van der Waals surface area contributed by atoms with Crippen LogP contribution in [0.25, 0.3) is 0 Å². The van der Waals surface area contributed by atoms with E-state index in [4.69, 9.17) is 4.98 Å². The van der Waals surface area contributed by atoms with Crippen molar-refractivity contribution in [3.8, 4) is 0 Å². The summed E-state index contributed by atoms with van der Waals surface area (Å²) >= 11 is 0. The molecule has 0 atom stereocenters. The largest absolute Gasteiger partial charge is 0.356 e. The van der Waals surface area contributed by atoms with Crippen LogP contribution in [0.3, 0.4) is 0 Å². The van der Waals surface area contributed by atoms with Crippen LogP contribution in [-0.4, -0.2) is 30.3 Å². The molecular weight excluding hydrogens is 238 g/mol. The second kappa shape index (κ2) is 4.72. The van der Waals surface area contributed by atoms with Gasteiger partial charge in [-0.3, -0.25) is 0 Å². The van der Waals surface area contributed by atoms with E-state index in [0.29, 0.717) is 12.0 Å². The quantitative estimate of drug-likeness (QED) is 0.818. The Balaban J connectivity index is 1.83. The van der Waals surface area contributed by atoms with E-state index in [9.17, 15) is 0 Å². The minimum Gasteiger partial charge on any atom is -0.356 e. The van der Waals surface area contributed by atoms with Crippen molar-refractivity contribution < 1.29 is 0 Å². The molecule has 3 heterocycles. The Hall–Kier alpha value is -1.78. The van der Waals surface area contributed by atoms with Gasteiger partial charge in [-0.05, 0) is 35.6 Å². The number of anilines is 1. The summed E-state index contributed by atoms with van der Waals surface area (Å²) in [4.78, 5) is 7.09. The highest BCUT2D eigenvalue weighted by Crippen LogP contribution is 2.30. The maximum atomic E-state index is 4.72. The van der Waals surface area contributed by atoms with Gasteiger partial charge in [-0.2, -0.15) is 5.11 Å². The van der Waals surface area contributed by atoms with Crippen molar-refractivity contribution in [1.82, 2.24) is 4.98 Å². The Kier molecular flexibility index (Phi) is 3.05. The van der Waals surface area contributed by atoms with Crippen LogP contribution in [0.1, 0.15) is 32.4 Å². The first-order valence-corrected chi connectivity index (χ1v) is 6.80. The minimum absolute atomic E-state index is 0.367. The zero-order valence-corrected chi connectivity index (χ0v) is 11.5. The van der Waals surface area contributed by atoms with Crippen molar-refractivity contribution >= 4 is 11.5 Å². The summed E-state index contributed by atoms with van der Waals surface area (Å²) in [6.45, 7) is 7.33. The summed E-state index contributed by atoms with van der Waals surface area (Å²) in [5, 5.41) is 11.6. The summed E-state index contributed by atoms with van der Waals surface area (Å²) in [5.41, 5.74) is 2.12. The van der Waals surface area contributed by atoms with Gasteiger partial charge in [-0.15, -0.1) is 5.10 Å². The molecule has 3 rings (SSSR count). The van der Waals surface area contributed by atoms with E-state index in [1.165, 1.54) is 12.8 Å². The second-order valence-corrected chi connectivity index (χ2v) is 6.01. The Labute approximate surface area is 113 Å². The molecule has 0 spiro atoms. The van der Waals surface area contributed by atoms with Crippen LogP contribution >= 0.6 is 0 Å². The van der Waals surface area contributed by atoms with Crippen molar-refractivity contribution in [2.24, 2.45) is 20.9 Å². The highest BCUT2D eigenvalue weighted by atomic mass is 15.4. The van der Waals surface area contributed by atoms with E-state index in [0.717, 1.165) is 30.3 Å². The predicted octanol–water partition coefficient (Wildman–Crippen LogP) is 2.88. The fourth-order valence-electron chi connectivity index (χ4n) is 2.73. The molecule has 1 fully saturated rings. The average Bonchev–Trinajstić information content (AvgIpc) is 2.92. The minimum atomic E-state index is 0.367. The molecule has 1 aromatic heterocycles. The third-order valence-electron chi connectivity index (χ3n) is 3.70. The third kappa shape index (κ3) is 2.64. The fraction of sp³-hybridized carbons (Fsp3) is 0.571. The molecule has 5 nitrogen and oxygen atoms in total. The van der Waals surface area contributed by atoms with E-state index in [2.05, 4.69) is 40.3 Å². The van der Waals surface area contributed by atoms with Crippen molar-refractivity contribution in [2.75, 3.05) is 24.5 Å². The Morgan fingerprint density at radius 3 is 2.89 bits per heavy atom. The van der Waals surface area contributed by atoms with E-state index in [1.807, 2.05) is 12.1 Å². The smallest absolute Gasteiger partial charge is 0.129 e. The molecule has 1 saturated heterocycles. The van der Waals surface area contributed by atoms with Gasteiger partial charge in [0.25, 0.3) is 0 Å². The number of aromatic nitrogens is 1. The molecule has 0 bridgehead atoms. The van der Waals surface area contributed by atoms with Crippen LogP contribution in [-0.2, 0) is 0 Å². The van der Waals surface area contributed by atoms with Gasteiger partial charge < -0.3 is 4.90 Å². The van der Waals surface area contributed by atoms with Crippen molar-refractivity contribution in [3.05, 3.63) is 23.9 Å². The summed E-state index contributed by atoms with van der Waals surface area (Å²) in [6, 6.07) is 6.10. The van der Waals surface area contributed by atoms with Crippen molar-refractivity contribution in [2.45, 2.75) is 26.7 Å². The first-order chi connectivity index (χ1) is 9.14. The molecule has 5 heteroatoms. The lowest BCUT2D eigenvalue weighted by atomic mass is 9.84. The highest BCUT2D eigenvalue weighted by molar-refractivity contribution is 6.01. The van der Waals surface area contributed by atoms with E-state index in [1.54, 1.807) is 0 Å². The van der Waals surface area contributed by atoms with E-state index >= 15 is 0 Å². The maximum absolute atomic E-state index is 4.72. The van der Waals surface area contributed by atoms with Crippen LogP contribution < -0.4 is 4.90 Å². The molecule has 0 N–H and O–H groups in total. The maximum Gasteiger partial charge on any atom is 0.129 e. The monoisotopic (exact) mass is 257 g/mol. The molecule has 0 unspecified atom stereocenters. The first kappa shape index (κ1) is 12.3. The fourth-order valence-corrected chi connectivity index (χ4v) is 2.73. The molecule has 0 saturated carbocycles. The second-order valence-electron chi connectivity index (χ2n) is 6.01. The molecule has 1 aromatic rings. The Morgan fingerprint density at radius 2 is 2.16 bits per heavy atom. The van der Waals surface area contributed by atoms with Gasteiger partial charge in [0.15, 0.2) is 0 Å². The molecule has 0 radical (unpaired) electrons. The van der Waals surface area contributed by atoms with Gasteiger partial charge in [-0.1, -0.05) is 19.9 Å². The van der Waals surface area contributed by atoms with Crippen molar-refractivity contribution in [3.63, 3.8) is 0 Å². The van der Waals surface area contributed by atoms with Crippen LogP contribution in [0.15, 0.2) is 33.6 Å². The van der Waals surface area contributed by atoms with Gasteiger partial charge >= 0.3 is 0 Å². The topological polar surface area (TPSA) is 53.2 Å². The number of hydrogen-bond donors (Lipinski definition) is 0. The highest BCUT2D eigenvalue weighted by Gasteiger charge is 2.27. The van der Waals surface area contributed by atoms with Gasteiger partial charge in [-0.25, -0.2) is 4.98 Å². The summed E-state index contributed by atoms with van der Waals surface area (Å²) in [5.74, 6) is 1.04. The van der Waals surface area contributed by atoms with Crippen LogP contribution in [0.2, 0.25) is 0 Å². The molecule has 19 heavy (non-hydrogen) atoms. The zero-order valence-electron chi connectivity index (χ0n) is 11.5. The van der Waals surface area contributed by atoms with E-state index < -0.39 is 0 Å². The summed E-state index contributed by atoms with van der Waals surface area (Å²) in [7, 11) is 0. The number of rotatable bonds is 2. The average molecular weight is 257 g/mol. The first-order valence-electron chi connectivity index (χ1n) is 6.80. The molecular formula is C14H19N5. The number of nitrogens with zero attached hydrogens (tertiary/aromatic N) is 5. The van der Waals surface area contributed by atoms with E-state index in [-0.39, 0.29) is 0 Å². The molecule has 2 aliphatic rings. The van der Waals surface area contributed by atoms with Gasteiger partial charge in [0.2, 0.25) is 0 Å². The summed E-state index contributed by atoms with van der Waals surface area (Å²) < 4.78 is 0. The van der Waals surface area contributed by atoms with Gasteiger partial charge in [0.1, 0.15) is 18.1 Å². The Bertz CT molecular complexity index is 532. The lowest BCUT2D eigenvalue weighted by Crippen LogP contribution is -2.40. The van der Waals surface area contributed by atoms with Gasteiger partial charge in [0, 0.05) is 13.1 Å². The molecule has 0 aliphatic carbocycles. The lowest BCUT2D eigenvalue weighted by Gasteiger charge is -2.38. The van der Waals surface area contributed by atoms with Gasteiger partial charge in [0.05, 0.1) is 5.69 Å². The molecule has 0 aromatic carbocycles. The third-order valence-corrected chi connectivity index (χ3v) is 3.70. The number of hydrogen-bond acceptors (Lipinski definition) is 5. The molecule has 100 valence electrons.